The van der Waals surface area contributed by atoms with E-state index in [1.165, 1.54) is 19.3 Å². The molecule has 0 saturated heterocycles. The van der Waals surface area contributed by atoms with Crippen molar-refractivity contribution < 1.29 is 4.79 Å². The highest BCUT2D eigenvalue weighted by Crippen LogP contribution is 2.73. The quantitative estimate of drug-likeness (QED) is 0.657. The summed E-state index contributed by atoms with van der Waals surface area (Å²) in [4.78, 5) is 12.0. The Labute approximate surface area is 106 Å². The smallest absolute Gasteiger partial charge is 0.203 e. The third-order valence-electron chi connectivity index (χ3n) is 5.27. The summed E-state index contributed by atoms with van der Waals surface area (Å²) in [6.45, 7) is 7.23. The van der Waals surface area contributed by atoms with Crippen molar-refractivity contribution in [2.45, 2.75) is 59.3 Å². The van der Waals surface area contributed by atoms with Crippen LogP contribution in [0.25, 0.3) is 0 Å². The SMILES string of the molecule is CC12CC3(C)CC(C)(C1)CC(C(=O)Br)(C2)C3. The molecule has 0 radical (unpaired) electrons. The van der Waals surface area contributed by atoms with E-state index in [-0.39, 0.29) is 10.1 Å². The molecular formula is C14H21BrO. The second kappa shape index (κ2) is 2.76. The van der Waals surface area contributed by atoms with Gasteiger partial charge in [0.05, 0.1) is 0 Å². The van der Waals surface area contributed by atoms with E-state index >= 15 is 0 Å². The topological polar surface area (TPSA) is 17.1 Å². The highest BCUT2D eigenvalue weighted by molar-refractivity contribution is 9.18. The summed E-state index contributed by atoms with van der Waals surface area (Å²) in [6, 6.07) is 0. The van der Waals surface area contributed by atoms with Gasteiger partial charge in [-0.25, -0.2) is 0 Å². The summed E-state index contributed by atoms with van der Waals surface area (Å²) in [5, 5.41) is 0. The van der Waals surface area contributed by atoms with Crippen LogP contribution < -0.4 is 0 Å². The number of carbonyl (C=O) groups is 1. The minimum absolute atomic E-state index is 0.0347. The van der Waals surface area contributed by atoms with Gasteiger partial charge in [-0.3, -0.25) is 4.79 Å². The molecule has 0 aromatic heterocycles. The number of rotatable bonds is 1. The van der Waals surface area contributed by atoms with Crippen LogP contribution in [0.15, 0.2) is 0 Å². The lowest BCUT2D eigenvalue weighted by Gasteiger charge is -2.68. The fraction of sp³-hybridized carbons (Fsp3) is 0.929. The fourth-order valence-electron chi connectivity index (χ4n) is 6.50. The predicted octanol–water partition coefficient (Wildman–Crippen LogP) is 4.29. The third-order valence-corrected chi connectivity index (χ3v) is 6.11. The fourth-order valence-corrected chi connectivity index (χ4v) is 6.92. The van der Waals surface area contributed by atoms with Gasteiger partial charge in [-0.15, -0.1) is 0 Å². The van der Waals surface area contributed by atoms with Gasteiger partial charge >= 0.3 is 0 Å². The first-order valence-corrected chi connectivity index (χ1v) is 7.18. The predicted molar refractivity (Wildman–Crippen MR) is 68.4 cm³/mol. The second-order valence-electron chi connectivity index (χ2n) is 8.05. The first kappa shape index (κ1) is 11.3. The lowest BCUT2D eigenvalue weighted by molar-refractivity contribution is -0.183. The van der Waals surface area contributed by atoms with E-state index in [0.717, 1.165) is 19.3 Å². The molecule has 90 valence electrons. The van der Waals surface area contributed by atoms with Crippen molar-refractivity contribution in [3.8, 4) is 0 Å². The molecule has 2 heteroatoms. The average molecular weight is 285 g/mol. The van der Waals surface area contributed by atoms with E-state index in [1.54, 1.807) is 0 Å². The number of halogens is 1. The van der Waals surface area contributed by atoms with Crippen LogP contribution >= 0.6 is 15.9 Å². The molecule has 0 spiro atoms. The molecule has 4 fully saturated rings. The van der Waals surface area contributed by atoms with Crippen molar-refractivity contribution in [2.24, 2.45) is 21.7 Å². The van der Waals surface area contributed by atoms with Gasteiger partial charge < -0.3 is 0 Å². The molecule has 0 atom stereocenters. The van der Waals surface area contributed by atoms with Crippen LogP contribution in [0.5, 0.6) is 0 Å². The van der Waals surface area contributed by atoms with Gasteiger partial charge in [0.25, 0.3) is 0 Å². The van der Waals surface area contributed by atoms with Crippen molar-refractivity contribution in [3.05, 3.63) is 0 Å². The Kier molecular flexibility index (Phi) is 1.94. The molecular weight excluding hydrogens is 264 g/mol. The number of hydrogen-bond donors (Lipinski definition) is 0. The molecule has 0 amide bonds. The first-order valence-electron chi connectivity index (χ1n) is 6.39. The van der Waals surface area contributed by atoms with E-state index in [1.807, 2.05) is 0 Å². The lowest BCUT2D eigenvalue weighted by atomic mass is 9.37. The van der Waals surface area contributed by atoms with Crippen molar-refractivity contribution in [3.63, 3.8) is 0 Å². The third kappa shape index (κ3) is 1.38. The second-order valence-corrected chi connectivity index (χ2v) is 8.77. The molecule has 0 aliphatic heterocycles. The van der Waals surface area contributed by atoms with Crippen LogP contribution in [-0.2, 0) is 4.79 Å². The van der Waals surface area contributed by atoms with E-state index in [0.29, 0.717) is 16.2 Å². The molecule has 1 nitrogen and oxygen atoms in total. The highest BCUT2D eigenvalue weighted by Gasteiger charge is 2.65. The van der Waals surface area contributed by atoms with Crippen LogP contribution in [0.4, 0.5) is 0 Å². The molecule has 0 unspecified atom stereocenters. The Bertz CT molecular complexity index is 319. The average Bonchev–Trinajstić information content (AvgIpc) is 1.92. The van der Waals surface area contributed by atoms with Crippen LogP contribution in [0, 0.1) is 21.7 Å². The van der Waals surface area contributed by atoms with Crippen molar-refractivity contribution in [2.75, 3.05) is 0 Å². The van der Waals surface area contributed by atoms with Crippen LogP contribution in [0.2, 0.25) is 0 Å². The number of carbonyl (C=O) groups excluding carboxylic acids is 1. The van der Waals surface area contributed by atoms with E-state index in [4.69, 9.17) is 0 Å². The summed E-state index contributed by atoms with van der Waals surface area (Å²) >= 11 is 3.30. The molecule has 4 bridgehead atoms. The zero-order valence-corrected chi connectivity index (χ0v) is 12.1. The molecule has 16 heavy (non-hydrogen) atoms. The van der Waals surface area contributed by atoms with Crippen molar-refractivity contribution >= 4 is 20.6 Å². The lowest BCUT2D eigenvalue weighted by Crippen LogP contribution is -2.60. The van der Waals surface area contributed by atoms with E-state index < -0.39 is 0 Å². The summed E-state index contributed by atoms with van der Waals surface area (Å²) in [5.41, 5.74) is 1.22. The normalized spacial score (nSPS) is 59.0. The molecule has 0 aromatic rings. The summed E-state index contributed by atoms with van der Waals surface area (Å²) in [5.74, 6) is 0. The van der Waals surface area contributed by atoms with Crippen LogP contribution in [0.3, 0.4) is 0 Å². The van der Waals surface area contributed by atoms with Crippen LogP contribution in [-0.4, -0.2) is 4.69 Å². The largest absolute Gasteiger partial charge is 0.286 e. The Hall–Kier alpha value is 0.150. The molecule has 0 N–H and O–H groups in total. The highest BCUT2D eigenvalue weighted by atomic mass is 79.9. The van der Waals surface area contributed by atoms with Gasteiger partial charge in [0.2, 0.25) is 4.69 Å². The Morgan fingerprint density at radius 1 is 0.812 bits per heavy atom. The summed E-state index contributed by atoms with van der Waals surface area (Å²) in [7, 11) is 0. The zero-order chi connectivity index (χ0) is 11.8. The van der Waals surface area contributed by atoms with Gasteiger partial charge in [-0.05, 0) is 70.7 Å². The maximum absolute atomic E-state index is 12.0. The summed E-state index contributed by atoms with van der Waals surface area (Å²) in [6.07, 6.45) is 7.35. The Morgan fingerprint density at radius 2 is 1.12 bits per heavy atom. The molecule has 0 heterocycles. The molecule has 4 saturated carbocycles. The van der Waals surface area contributed by atoms with E-state index in [2.05, 4.69) is 36.7 Å². The first-order chi connectivity index (χ1) is 7.19. The maximum atomic E-state index is 12.0. The van der Waals surface area contributed by atoms with E-state index in [9.17, 15) is 4.79 Å². The van der Waals surface area contributed by atoms with Gasteiger partial charge in [0.1, 0.15) is 0 Å². The van der Waals surface area contributed by atoms with Crippen molar-refractivity contribution in [1.82, 2.24) is 0 Å². The minimum atomic E-state index is -0.0347. The maximum Gasteiger partial charge on any atom is 0.203 e. The Balaban J connectivity index is 2.11. The summed E-state index contributed by atoms with van der Waals surface area (Å²) < 4.78 is 0.280. The molecule has 4 aliphatic rings. The Morgan fingerprint density at radius 3 is 1.38 bits per heavy atom. The zero-order valence-electron chi connectivity index (χ0n) is 10.5. The van der Waals surface area contributed by atoms with Gasteiger partial charge in [-0.1, -0.05) is 20.8 Å². The van der Waals surface area contributed by atoms with Gasteiger partial charge in [-0.2, -0.15) is 0 Å². The molecule has 4 aliphatic carbocycles. The van der Waals surface area contributed by atoms with Gasteiger partial charge in [0.15, 0.2) is 0 Å². The minimum Gasteiger partial charge on any atom is -0.286 e. The van der Waals surface area contributed by atoms with Crippen molar-refractivity contribution in [1.29, 1.82) is 0 Å². The van der Waals surface area contributed by atoms with Gasteiger partial charge in [0, 0.05) is 5.41 Å². The molecule has 4 rings (SSSR count). The standard InChI is InChI=1S/C14H21BrO/c1-11-4-12(2)6-13(3,5-11)9-14(7-11,8-12)10(15)16/h4-9H2,1-3H3. The monoisotopic (exact) mass is 284 g/mol. The number of hydrogen-bond acceptors (Lipinski definition) is 1. The van der Waals surface area contributed by atoms with Crippen LogP contribution in [0.1, 0.15) is 59.3 Å². The molecule has 0 aromatic carbocycles.